The van der Waals surface area contributed by atoms with Gasteiger partial charge < -0.3 is 85.1 Å². The lowest BCUT2D eigenvalue weighted by molar-refractivity contribution is -0.230. The topological polar surface area (TPSA) is 361 Å². The second-order valence-corrected chi connectivity index (χ2v) is 35.1. The lowest BCUT2D eigenvalue weighted by atomic mass is 9.42. The molecule has 31 heteroatoms. The first-order valence-corrected chi connectivity index (χ1v) is 41.8. The van der Waals surface area contributed by atoms with Crippen LogP contribution in [0.3, 0.4) is 0 Å². The van der Waals surface area contributed by atoms with Crippen molar-refractivity contribution in [2.24, 2.45) is 45.8 Å². The summed E-state index contributed by atoms with van der Waals surface area (Å²) in [6.07, 6.45) is 7.17. The third-order valence-electron chi connectivity index (χ3n) is 25.3. The number of hydrogen-bond donors (Lipinski definition) is 8. The molecule has 4 aromatic rings. The number of Topliss-reactive ketones (excluding diaryl/α,β-unsaturated/α-hetero) is 1. The monoisotopic (exact) mass is 1690 g/mol. The van der Waals surface area contributed by atoms with E-state index in [9.17, 15) is 58.6 Å². The van der Waals surface area contributed by atoms with E-state index >= 15 is 8.78 Å². The van der Waals surface area contributed by atoms with Crippen LogP contribution in [0.15, 0.2) is 103 Å². The van der Waals surface area contributed by atoms with Gasteiger partial charge in [0.05, 0.1) is 93.8 Å². The van der Waals surface area contributed by atoms with Crippen molar-refractivity contribution < 1.29 is 95.3 Å². The zero-order valence-corrected chi connectivity index (χ0v) is 70.4. The van der Waals surface area contributed by atoms with Gasteiger partial charge in [-0.2, -0.15) is 5.26 Å². The molecule has 11 rings (SSSR count). The number of aliphatic hydroxyl groups excluding tert-OH is 1. The molecule has 0 radical (unpaired) electrons. The van der Waals surface area contributed by atoms with Gasteiger partial charge in [-0.25, -0.2) is 18.4 Å². The maximum atomic E-state index is 16.2. The number of benzene rings is 4. The number of carbonyl (C=O) groups is 9. The molecule has 0 spiro atoms. The number of anilines is 2. The third kappa shape index (κ3) is 20.3. The Balaban J connectivity index is 0.515. The van der Waals surface area contributed by atoms with Gasteiger partial charge in [-0.05, 0) is 171 Å². The number of ketones is 2. The number of piperazine rings is 1. The normalized spacial score (nSPS) is 27.0. The fraction of sp³-hybridized carbons (Fsp3) is 0.568. The van der Waals surface area contributed by atoms with Crippen LogP contribution in [0.2, 0.25) is 10.0 Å². The molecule has 15 atom stereocenters. The SMILES string of the molecule is COc1cc(C(=O)NCCOCCOCCOCCOCCC(=O)N[C@H](C(=O)N[C@@H](C)C(=O)Nc2ccc(COC(=O)N3CCN(C(=O)O[C@H]4CC[C@@]5(C)[C@H](CC[C@@H]6[C@@H]5[C@H](O)C(=O)[C@]5(C)[C@@H](C7=CCC(=O)C=C7)CC[C@]65O)C4)CC3)cc2)C(C)C)ccc1NC(=O)[C@@H]1N[C@@H](CC(C)(C)C)[C@](C#N)(c2ccc(Cl)cc2F)[C@H]1c1cccc(Cl)c1F. The molecule has 5 aliphatic carbocycles. The first kappa shape index (κ1) is 90.8. The lowest BCUT2D eigenvalue weighted by Gasteiger charge is -2.64. The molecular weight excluding hydrogens is 1580 g/mol. The van der Waals surface area contributed by atoms with Gasteiger partial charge in [-0.1, -0.05) is 107 Å². The van der Waals surface area contributed by atoms with E-state index in [4.69, 9.17) is 56.4 Å². The van der Waals surface area contributed by atoms with Gasteiger partial charge in [-0.3, -0.25) is 33.6 Å². The Morgan fingerprint density at radius 2 is 1.45 bits per heavy atom. The number of methoxy groups -OCH3 is 1. The van der Waals surface area contributed by atoms with E-state index in [2.05, 4.69) is 44.9 Å². The number of halogens is 4. The van der Waals surface area contributed by atoms with Gasteiger partial charge in [0.25, 0.3) is 5.91 Å². The smallest absolute Gasteiger partial charge is 0.410 e. The average molecular weight is 1690 g/mol. The van der Waals surface area contributed by atoms with Crippen molar-refractivity contribution in [1.82, 2.24) is 31.1 Å². The highest BCUT2D eigenvalue weighted by Crippen LogP contribution is 2.69. The predicted octanol–water partition coefficient (Wildman–Crippen LogP) is 10.8. The van der Waals surface area contributed by atoms with Crippen molar-refractivity contribution in [2.75, 3.05) is 103 Å². The number of ether oxygens (including phenoxy) is 7. The van der Waals surface area contributed by atoms with Crippen molar-refractivity contribution in [3.8, 4) is 11.8 Å². The van der Waals surface area contributed by atoms with Gasteiger partial charge in [0.2, 0.25) is 23.6 Å². The molecule has 8 N–H and O–H groups in total. The minimum absolute atomic E-state index is 0.00644. The lowest BCUT2D eigenvalue weighted by Crippen LogP contribution is -2.70. The molecule has 27 nitrogen and oxygen atoms in total. The summed E-state index contributed by atoms with van der Waals surface area (Å²) in [7, 11) is 1.36. The van der Waals surface area contributed by atoms with Gasteiger partial charge in [0.1, 0.15) is 53.7 Å². The van der Waals surface area contributed by atoms with Crippen molar-refractivity contribution in [3.05, 3.63) is 147 Å². The number of hydrogen-bond acceptors (Lipinski definition) is 20. The number of carbonyl (C=O) groups excluding carboxylic acids is 9. The second-order valence-electron chi connectivity index (χ2n) is 34.2. The predicted molar refractivity (Wildman–Crippen MR) is 438 cm³/mol. The van der Waals surface area contributed by atoms with Crippen LogP contribution < -0.4 is 36.6 Å². The van der Waals surface area contributed by atoms with Gasteiger partial charge >= 0.3 is 12.2 Å². The number of nitrogens with one attached hydrogen (secondary N) is 6. The Kier molecular flexibility index (Phi) is 30.0. The first-order valence-electron chi connectivity index (χ1n) is 41.0. The Labute approximate surface area is 703 Å². The van der Waals surface area contributed by atoms with E-state index < -0.39 is 123 Å². The summed E-state index contributed by atoms with van der Waals surface area (Å²) in [6.45, 7) is 17.4. The minimum atomic E-state index is -1.85. The van der Waals surface area contributed by atoms with E-state index in [1.54, 1.807) is 49.1 Å². The number of nitrogens with zero attached hydrogens (tertiary/aromatic N) is 3. The summed E-state index contributed by atoms with van der Waals surface area (Å²) in [5.74, 6) is -7.11. The highest BCUT2D eigenvalue weighted by atomic mass is 35.5. The largest absolute Gasteiger partial charge is 0.495 e. The number of amides is 7. The summed E-state index contributed by atoms with van der Waals surface area (Å²) in [4.78, 5) is 124. The molecule has 2 saturated heterocycles. The summed E-state index contributed by atoms with van der Waals surface area (Å²) >= 11 is 12.5. The molecule has 4 saturated carbocycles. The van der Waals surface area contributed by atoms with E-state index in [1.165, 1.54) is 73.5 Å². The van der Waals surface area contributed by atoms with Crippen LogP contribution in [-0.2, 0) is 69.2 Å². The van der Waals surface area contributed by atoms with Crippen molar-refractivity contribution >= 4 is 87.9 Å². The number of nitriles is 1. The van der Waals surface area contributed by atoms with Crippen LogP contribution in [0.1, 0.15) is 153 Å². The van der Waals surface area contributed by atoms with E-state index in [0.717, 1.165) is 18.1 Å². The quantitative estimate of drug-likeness (QED) is 0.0211. The highest BCUT2D eigenvalue weighted by molar-refractivity contribution is 6.31. The number of allylic oxidation sites excluding steroid dienone is 4. The average Bonchev–Trinajstić information content (AvgIpc) is 1.61. The van der Waals surface area contributed by atoms with Gasteiger partial charge in [0, 0.05) is 85.3 Å². The summed E-state index contributed by atoms with van der Waals surface area (Å²) < 4.78 is 72.1. The summed E-state index contributed by atoms with van der Waals surface area (Å²) in [5, 5.41) is 52.8. The molecule has 0 unspecified atom stereocenters. The van der Waals surface area contributed by atoms with E-state index in [1.807, 2.05) is 33.8 Å². The van der Waals surface area contributed by atoms with Crippen molar-refractivity contribution in [1.29, 1.82) is 5.26 Å². The molecule has 7 amide bonds. The fourth-order valence-electron chi connectivity index (χ4n) is 19.0. The molecular formula is C88H111Cl2F2N9O18. The standard InChI is InChI=1S/C88H111Cl2F2N9O18/c1-51(2)74(80(108)95-52(3)78(106)96-58-20-13-53(14-21-58)49-118-82(110)100-33-35-101(36-34-100)83(111)119-60-27-30-85(7)56(46-60)18-24-64-72(85)76(104)77(105)86(8)62(28-31-88(64,86)112)54-15-22-59(102)23-16-54)99-70(103)29-37-114-39-41-116-43-44-117-42-40-115-38-32-94-79(107)55-17-26-67(68(45-55)113-9)97-81(109)75-71(61-11-10-12-65(90)73(61)92)87(50-93,69(98-75)48-84(4,5)6)63-25-19-57(89)47-66(63)91/h10-17,19-22,25-26,45,47,51-52,56,60,62,64,69,71-72,74-76,98,104,112H,18,23-24,27-44,46,48-49H2,1-9H3,(H,94,107)(H,95,108)(H,96,106)(H,97,109)(H,99,103)/t52-,56+,60-,62+,64+,69-,71-,72+,74-,75+,76-,85-,86-,87-,88-/m0/s1. The summed E-state index contributed by atoms with van der Waals surface area (Å²) in [5.41, 5.74) is -3.07. The molecule has 0 bridgehead atoms. The highest BCUT2D eigenvalue weighted by Gasteiger charge is 2.74. The van der Waals surface area contributed by atoms with E-state index in [-0.39, 0.29) is 191 Å². The molecule has 4 aromatic carbocycles. The first-order chi connectivity index (χ1) is 56.6. The van der Waals surface area contributed by atoms with Crippen LogP contribution in [-0.4, -0.2) is 208 Å². The van der Waals surface area contributed by atoms with E-state index in [0.29, 0.717) is 49.8 Å². The second kappa shape index (κ2) is 39.3. The van der Waals surface area contributed by atoms with Crippen molar-refractivity contribution in [2.45, 2.75) is 180 Å². The van der Waals surface area contributed by atoms with Gasteiger partial charge in [0.15, 0.2) is 11.6 Å². The molecule has 2 heterocycles. The van der Waals surface area contributed by atoms with Crippen LogP contribution in [0, 0.1) is 68.8 Å². The Bertz CT molecular complexity index is 4500. The molecule has 119 heavy (non-hydrogen) atoms. The van der Waals surface area contributed by atoms with Crippen LogP contribution in [0.4, 0.5) is 29.7 Å². The number of rotatable bonds is 32. The van der Waals surface area contributed by atoms with Crippen LogP contribution in [0.25, 0.3) is 0 Å². The van der Waals surface area contributed by atoms with Gasteiger partial charge in [-0.15, -0.1) is 0 Å². The minimum Gasteiger partial charge on any atom is -0.495 e. The summed E-state index contributed by atoms with van der Waals surface area (Å²) in [6, 6.07) is 17.4. The third-order valence-corrected chi connectivity index (χ3v) is 25.8. The molecule has 6 fully saturated rings. The number of fused-ring (bicyclic) bond motifs is 5. The van der Waals surface area contributed by atoms with Crippen LogP contribution in [0.5, 0.6) is 5.75 Å². The molecule has 7 aliphatic rings. The zero-order valence-electron chi connectivity index (χ0n) is 68.9. The number of aliphatic hydroxyl groups is 2. The van der Waals surface area contributed by atoms with Crippen molar-refractivity contribution in [3.63, 3.8) is 0 Å². The Morgan fingerprint density at radius 1 is 0.773 bits per heavy atom. The molecule has 2 aliphatic heterocycles. The Morgan fingerprint density at radius 3 is 2.08 bits per heavy atom. The Hall–Kier alpha value is -8.96. The molecule has 644 valence electrons. The van der Waals surface area contributed by atoms with Crippen LogP contribution >= 0.6 is 23.2 Å². The fourth-order valence-corrected chi connectivity index (χ4v) is 19.4. The maximum absolute atomic E-state index is 16.2. The molecule has 0 aromatic heterocycles. The maximum Gasteiger partial charge on any atom is 0.410 e. The zero-order chi connectivity index (χ0) is 85.9.